The normalized spacial score (nSPS) is 10.7. The van der Waals surface area contributed by atoms with Crippen molar-refractivity contribution in [3.05, 3.63) is 53.6 Å². The zero-order valence-corrected chi connectivity index (χ0v) is 13.4. The van der Waals surface area contributed by atoms with E-state index in [9.17, 15) is 4.79 Å². The lowest BCUT2D eigenvalue weighted by molar-refractivity contribution is 0.210. The summed E-state index contributed by atoms with van der Waals surface area (Å²) < 4.78 is 15.9. The van der Waals surface area contributed by atoms with Gasteiger partial charge in [-0.05, 0) is 41.2 Å². The van der Waals surface area contributed by atoms with E-state index in [0.717, 1.165) is 33.4 Å². The minimum Gasteiger partial charge on any atom is -0.489 e. The molecule has 0 aliphatic heterocycles. The first kappa shape index (κ1) is 15.3. The van der Waals surface area contributed by atoms with Crippen molar-refractivity contribution in [1.29, 1.82) is 0 Å². The average molecular weight is 328 g/mol. The summed E-state index contributed by atoms with van der Waals surface area (Å²) in [6.45, 7) is 2.53. The van der Waals surface area contributed by atoms with E-state index in [4.69, 9.17) is 15.2 Å². The smallest absolute Gasteiger partial charge is 0.411 e. The Morgan fingerprint density at radius 2 is 2.04 bits per heavy atom. The van der Waals surface area contributed by atoms with Crippen molar-refractivity contribution in [3.8, 4) is 11.6 Å². The molecule has 3 rings (SSSR count). The molecule has 5 nitrogen and oxygen atoms in total. The second-order valence-corrected chi connectivity index (χ2v) is 5.80. The molecule has 0 aliphatic carbocycles. The first-order valence-electron chi connectivity index (χ1n) is 7.23. The molecular weight excluding hydrogens is 312 g/mol. The van der Waals surface area contributed by atoms with Crippen molar-refractivity contribution in [2.45, 2.75) is 20.0 Å². The highest BCUT2D eigenvalue weighted by Gasteiger charge is 2.15. The van der Waals surface area contributed by atoms with Gasteiger partial charge >= 0.3 is 6.09 Å². The van der Waals surface area contributed by atoms with Gasteiger partial charge in [0.2, 0.25) is 5.88 Å². The van der Waals surface area contributed by atoms with E-state index in [1.54, 1.807) is 0 Å². The summed E-state index contributed by atoms with van der Waals surface area (Å²) in [6, 6.07) is 13.8. The number of hydrogen-bond acceptors (Lipinski definition) is 5. The van der Waals surface area contributed by atoms with Gasteiger partial charge in [0.05, 0.1) is 10.1 Å². The van der Waals surface area contributed by atoms with Gasteiger partial charge in [-0.1, -0.05) is 37.3 Å². The van der Waals surface area contributed by atoms with Crippen molar-refractivity contribution < 1.29 is 14.3 Å². The molecule has 1 amide bonds. The minimum atomic E-state index is -0.858. The Balaban J connectivity index is 1.89. The van der Waals surface area contributed by atoms with Crippen LogP contribution in [0, 0.1) is 0 Å². The van der Waals surface area contributed by atoms with Crippen LogP contribution in [0.2, 0.25) is 0 Å². The Morgan fingerprint density at radius 1 is 1.26 bits per heavy atom. The lowest BCUT2D eigenvalue weighted by Gasteiger charge is -2.09. The van der Waals surface area contributed by atoms with Crippen molar-refractivity contribution in [2.75, 3.05) is 0 Å². The van der Waals surface area contributed by atoms with Gasteiger partial charge in [-0.25, -0.2) is 4.79 Å². The monoisotopic (exact) mass is 328 g/mol. The van der Waals surface area contributed by atoms with Gasteiger partial charge in [0.1, 0.15) is 12.4 Å². The molecule has 2 aromatic carbocycles. The zero-order chi connectivity index (χ0) is 16.2. The largest absolute Gasteiger partial charge is 0.489 e. The molecule has 0 saturated carbocycles. The fourth-order valence-corrected chi connectivity index (χ4v) is 3.15. The van der Waals surface area contributed by atoms with E-state index >= 15 is 0 Å². The summed E-state index contributed by atoms with van der Waals surface area (Å²) in [6.07, 6.45) is -0.0873. The predicted molar refractivity (Wildman–Crippen MR) is 90.0 cm³/mol. The van der Waals surface area contributed by atoms with Crippen molar-refractivity contribution in [3.63, 3.8) is 0 Å². The molecular formula is C17H16N2O3S. The summed E-state index contributed by atoms with van der Waals surface area (Å²) in [5.41, 5.74) is 7.20. The maximum Gasteiger partial charge on any atom is 0.411 e. The van der Waals surface area contributed by atoms with E-state index in [0.29, 0.717) is 6.61 Å². The molecule has 1 aromatic heterocycles. The van der Waals surface area contributed by atoms with E-state index in [1.165, 1.54) is 11.5 Å². The standard InChI is InChI=1S/C17H16N2O3S/c1-2-12-8-13(21-10-11-6-4-3-5-7-11)9-14-15(12)16(19-23-14)22-17(18)20/h3-9H,2,10H2,1H3,(H2,18,20). The number of nitrogens with two attached hydrogens (primary N) is 1. The van der Waals surface area contributed by atoms with Gasteiger partial charge < -0.3 is 15.2 Å². The number of primary amides is 1. The molecule has 0 atom stereocenters. The van der Waals surface area contributed by atoms with Crippen LogP contribution in [0.5, 0.6) is 11.6 Å². The van der Waals surface area contributed by atoms with Crippen molar-refractivity contribution in [2.24, 2.45) is 5.73 Å². The third kappa shape index (κ3) is 3.43. The molecule has 0 fully saturated rings. The molecule has 0 spiro atoms. The van der Waals surface area contributed by atoms with Crippen LogP contribution in [0.1, 0.15) is 18.1 Å². The van der Waals surface area contributed by atoms with Crippen LogP contribution < -0.4 is 15.2 Å². The van der Waals surface area contributed by atoms with Gasteiger partial charge in [0.25, 0.3) is 0 Å². The molecule has 0 saturated heterocycles. The number of aromatic nitrogens is 1. The maximum absolute atomic E-state index is 11.0. The van der Waals surface area contributed by atoms with Gasteiger partial charge in [-0.2, -0.15) is 4.37 Å². The number of amides is 1. The second-order valence-electron chi connectivity index (χ2n) is 4.99. The number of ether oxygens (including phenoxy) is 2. The van der Waals surface area contributed by atoms with E-state index in [1.807, 2.05) is 49.4 Å². The summed E-state index contributed by atoms with van der Waals surface area (Å²) in [4.78, 5) is 11.0. The van der Waals surface area contributed by atoms with Crippen molar-refractivity contribution >= 4 is 27.7 Å². The third-order valence-corrected chi connectivity index (χ3v) is 4.20. The van der Waals surface area contributed by atoms with Crippen molar-refractivity contribution in [1.82, 2.24) is 4.37 Å². The van der Waals surface area contributed by atoms with Gasteiger partial charge in [0.15, 0.2) is 0 Å². The zero-order valence-electron chi connectivity index (χ0n) is 12.6. The fraction of sp³-hybridized carbons (Fsp3) is 0.176. The third-order valence-electron chi connectivity index (χ3n) is 3.42. The Hall–Kier alpha value is -2.60. The van der Waals surface area contributed by atoms with Crippen LogP contribution in [0.3, 0.4) is 0 Å². The number of carbonyl (C=O) groups is 1. The van der Waals surface area contributed by atoms with Gasteiger partial charge in [-0.15, -0.1) is 0 Å². The van der Waals surface area contributed by atoms with Crippen LogP contribution >= 0.6 is 11.5 Å². The number of fused-ring (bicyclic) bond motifs is 1. The number of carbonyl (C=O) groups excluding carboxylic acids is 1. The molecule has 0 unspecified atom stereocenters. The molecule has 0 bridgehead atoms. The van der Waals surface area contributed by atoms with E-state index < -0.39 is 6.09 Å². The minimum absolute atomic E-state index is 0.268. The number of aryl methyl sites for hydroxylation is 1. The number of nitrogens with zero attached hydrogens (tertiary/aromatic N) is 1. The lowest BCUT2D eigenvalue weighted by atomic mass is 10.1. The van der Waals surface area contributed by atoms with Crippen LogP contribution in [0.4, 0.5) is 4.79 Å². The molecule has 3 aromatic rings. The van der Waals surface area contributed by atoms with Crippen LogP contribution in [-0.4, -0.2) is 10.5 Å². The Morgan fingerprint density at radius 3 is 2.74 bits per heavy atom. The number of benzene rings is 2. The molecule has 0 radical (unpaired) electrons. The number of rotatable bonds is 5. The highest BCUT2D eigenvalue weighted by atomic mass is 32.1. The quantitative estimate of drug-likeness (QED) is 0.771. The topological polar surface area (TPSA) is 74.4 Å². The van der Waals surface area contributed by atoms with E-state index in [-0.39, 0.29) is 5.88 Å². The summed E-state index contributed by atoms with van der Waals surface area (Å²) >= 11 is 1.26. The van der Waals surface area contributed by atoms with E-state index in [2.05, 4.69) is 4.37 Å². The number of hydrogen-bond donors (Lipinski definition) is 1. The Labute approximate surface area is 137 Å². The summed E-state index contributed by atoms with van der Waals surface area (Å²) in [5.74, 6) is 1.04. The SMILES string of the molecule is CCc1cc(OCc2ccccc2)cc2snc(OC(N)=O)c12. The predicted octanol–water partition coefficient (Wildman–Crippen LogP) is 3.90. The maximum atomic E-state index is 11.0. The Bertz CT molecular complexity index is 830. The highest BCUT2D eigenvalue weighted by molar-refractivity contribution is 7.13. The molecule has 0 aliphatic rings. The highest BCUT2D eigenvalue weighted by Crippen LogP contribution is 2.35. The van der Waals surface area contributed by atoms with Crippen LogP contribution in [-0.2, 0) is 13.0 Å². The molecule has 118 valence electrons. The molecule has 1 heterocycles. The van der Waals surface area contributed by atoms with Gasteiger partial charge in [-0.3, -0.25) is 0 Å². The average Bonchev–Trinajstić information content (AvgIpc) is 2.95. The second kappa shape index (κ2) is 6.66. The first-order valence-corrected chi connectivity index (χ1v) is 8.01. The van der Waals surface area contributed by atoms with Crippen LogP contribution in [0.25, 0.3) is 10.1 Å². The fourth-order valence-electron chi connectivity index (χ4n) is 2.36. The lowest BCUT2D eigenvalue weighted by Crippen LogP contribution is -2.16. The molecule has 23 heavy (non-hydrogen) atoms. The summed E-state index contributed by atoms with van der Waals surface area (Å²) in [7, 11) is 0. The Kier molecular flexibility index (Phi) is 4.43. The summed E-state index contributed by atoms with van der Waals surface area (Å²) in [5, 5.41) is 0.823. The molecule has 2 N–H and O–H groups in total. The van der Waals surface area contributed by atoms with Crippen LogP contribution in [0.15, 0.2) is 42.5 Å². The molecule has 6 heteroatoms. The van der Waals surface area contributed by atoms with Gasteiger partial charge in [0, 0.05) is 0 Å². The first-order chi connectivity index (χ1) is 11.2.